The fourth-order valence-corrected chi connectivity index (χ4v) is 2.39. The number of alkyl halides is 1. The first-order valence-electron chi connectivity index (χ1n) is 4.18. The summed E-state index contributed by atoms with van der Waals surface area (Å²) in [5.74, 6) is -0.140. The maximum atomic E-state index is 12.5. The van der Waals surface area contributed by atoms with Gasteiger partial charge in [-0.25, -0.2) is 9.18 Å². The molecule has 1 aliphatic carbocycles. The molecule has 0 spiro atoms. The highest BCUT2D eigenvalue weighted by atomic mass is 32.2. The Labute approximate surface area is 75.5 Å². The Bertz CT molecular complexity index is 157. The topological polar surface area (TPSA) is 37.3 Å². The second kappa shape index (κ2) is 4.70. The Morgan fingerprint density at radius 1 is 1.58 bits per heavy atom. The molecule has 4 heteroatoms. The van der Waals surface area contributed by atoms with Crippen LogP contribution in [0.3, 0.4) is 0 Å². The molecule has 1 rings (SSSR count). The van der Waals surface area contributed by atoms with E-state index in [1.165, 1.54) is 12.8 Å². The molecule has 0 aromatic rings. The van der Waals surface area contributed by atoms with Crippen molar-refractivity contribution >= 4 is 17.7 Å². The lowest BCUT2D eigenvalue weighted by Crippen LogP contribution is -2.12. The van der Waals surface area contributed by atoms with Gasteiger partial charge in [0.1, 0.15) is 0 Å². The molecule has 0 aromatic heterocycles. The van der Waals surface area contributed by atoms with Crippen LogP contribution in [0.5, 0.6) is 0 Å². The van der Waals surface area contributed by atoms with Crippen molar-refractivity contribution in [2.45, 2.75) is 31.2 Å². The Kier molecular flexibility index (Phi) is 3.85. The first-order valence-corrected chi connectivity index (χ1v) is 5.23. The largest absolute Gasteiger partial charge is 0.478 e. The second-order valence-corrected chi connectivity index (χ2v) is 4.22. The molecule has 12 heavy (non-hydrogen) atoms. The molecule has 70 valence electrons. The minimum absolute atomic E-state index is 0.549. The van der Waals surface area contributed by atoms with Gasteiger partial charge in [0.2, 0.25) is 5.50 Å². The summed E-state index contributed by atoms with van der Waals surface area (Å²) in [5, 5.41) is 8.26. The Hall–Kier alpha value is -0.250. The molecular weight excluding hydrogens is 179 g/mol. The van der Waals surface area contributed by atoms with Gasteiger partial charge in [-0.05, 0) is 24.5 Å². The van der Waals surface area contributed by atoms with Crippen LogP contribution in [0.1, 0.15) is 25.7 Å². The number of hydrogen-bond acceptors (Lipinski definition) is 2. The van der Waals surface area contributed by atoms with Crippen molar-refractivity contribution in [1.29, 1.82) is 0 Å². The van der Waals surface area contributed by atoms with Crippen molar-refractivity contribution in [1.82, 2.24) is 0 Å². The number of rotatable bonds is 4. The molecule has 0 bridgehead atoms. The third-order valence-corrected chi connectivity index (χ3v) is 3.31. The summed E-state index contributed by atoms with van der Waals surface area (Å²) in [4.78, 5) is 10.1. The van der Waals surface area contributed by atoms with E-state index in [4.69, 9.17) is 5.11 Å². The van der Waals surface area contributed by atoms with Gasteiger partial charge in [-0.2, -0.15) is 0 Å². The third kappa shape index (κ3) is 3.01. The fraction of sp³-hybridized carbons (Fsp3) is 0.875. The number of carboxylic acid groups (broad SMARTS) is 1. The van der Waals surface area contributed by atoms with Crippen LogP contribution in [0.4, 0.5) is 4.39 Å². The van der Waals surface area contributed by atoms with Crippen molar-refractivity contribution in [3.8, 4) is 0 Å². The van der Waals surface area contributed by atoms with Crippen LogP contribution in [0.15, 0.2) is 0 Å². The van der Waals surface area contributed by atoms with E-state index >= 15 is 0 Å². The molecule has 0 heterocycles. The number of carboxylic acids is 1. The second-order valence-electron chi connectivity index (χ2n) is 3.14. The van der Waals surface area contributed by atoms with Crippen molar-refractivity contribution in [2.24, 2.45) is 5.92 Å². The molecule has 0 amide bonds. The summed E-state index contributed by atoms with van der Waals surface area (Å²) in [6.45, 7) is 0. The standard InChI is InChI=1S/C8H13FO2S/c9-7(8(10)11)12-5-6-3-1-2-4-6/h6-7H,1-5H2,(H,10,11). The molecule has 1 atom stereocenters. The lowest BCUT2D eigenvalue weighted by Gasteiger charge is -2.08. The summed E-state index contributed by atoms with van der Waals surface area (Å²) in [6.07, 6.45) is 4.71. The maximum absolute atomic E-state index is 12.5. The van der Waals surface area contributed by atoms with Gasteiger partial charge in [0.25, 0.3) is 0 Å². The Morgan fingerprint density at radius 2 is 2.17 bits per heavy atom. The summed E-state index contributed by atoms with van der Waals surface area (Å²) >= 11 is 0.916. The van der Waals surface area contributed by atoms with Crippen LogP contribution >= 0.6 is 11.8 Å². The number of halogens is 1. The van der Waals surface area contributed by atoms with E-state index in [9.17, 15) is 9.18 Å². The molecule has 2 nitrogen and oxygen atoms in total. The summed E-state index contributed by atoms with van der Waals surface area (Å²) in [6, 6.07) is 0. The molecule has 0 aromatic carbocycles. The minimum Gasteiger partial charge on any atom is -0.478 e. The number of carbonyl (C=O) groups is 1. The van der Waals surface area contributed by atoms with Gasteiger partial charge >= 0.3 is 5.97 Å². The van der Waals surface area contributed by atoms with Gasteiger partial charge in [0, 0.05) is 0 Å². The number of aliphatic carboxylic acids is 1. The smallest absolute Gasteiger partial charge is 0.348 e. The molecule has 0 aliphatic heterocycles. The zero-order valence-corrected chi connectivity index (χ0v) is 7.65. The van der Waals surface area contributed by atoms with Crippen LogP contribution in [-0.2, 0) is 4.79 Å². The highest BCUT2D eigenvalue weighted by Crippen LogP contribution is 2.29. The van der Waals surface area contributed by atoms with E-state index in [2.05, 4.69) is 0 Å². The van der Waals surface area contributed by atoms with Gasteiger partial charge in [-0.15, -0.1) is 11.8 Å². The van der Waals surface area contributed by atoms with Crippen LogP contribution in [-0.4, -0.2) is 22.3 Å². The van der Waals surface area contributed by atoms with Crippen LogP contribution < -0.4 is 0 Å². The quantitative estimate of drug-likeness (QED) is 0.742. The fourth-order valence-electron chi connectivity index (χ4n) is 1.47. The highest BCUT2D eigenvalue weighted by Gasteiger charge is 2.20. The van der Waals surface area contributed by atoms with Crippen molar-refractivity contribution in [2.75, 3.05) is 5.75 Å². The lowest BCUT2D eigenvalue weighted by atomic mass is 10.1. The summed E-state index contributed by atoms with van der Waals surface area (Å²) < 4.78 is 12.5. The molecule has 1 fully saturated rings. The molecule has 0 radical (unpaired) electrons. The average Bonchev–Trinajstić information content (AvgIpc) is 2.51. The van der Waals surface area contributed by atoms with Gasteiger partial charge < -0.3 is 5.11 Å². The zero-order valence-electron chi connectivity index (χ0n) is 6.83. The van der Waals surface area contributed by atoms with Crippen molar-refractivity contribution < 1.29 is 14.3 Å². The number of thioether (sulfide) groups is 1. The summed E-state index contributed by atoms with van der Waals surface area (Å²) in [7, 11) is 0. The van der Waals surface area contributed by atoms with Gasteiger partial charge in [0.05, 0.1) is 0 Å². The van der Waals surface area contributed by atoms with E-state index < -0.39 is 11.5 Å². The van der Waals surface area contributed by atoms with E-state index in [1.54, 1.807) is 0 Å². The molecule has 1 N–H and O–H groups in total. The lowest BCUT2D eigenvalue weighted by molar-refractivity contribution is -0.139. The molecule has 0 saturated heterocycles. The van der Waals surface area contributed by atoms with E-state index in [1.807, 2.05) is 0 Å². The maximum Gasteiger partial charge on any atom is 0.348 e. The first kappa shape index (κ1) is 9.84. The van der Waals surface area contributed by atoms with Crippen LogP contribution in [0, 0.1) is 5.92 Å². The predicted octanol–water partition coefficient (Wildman–Crippen LogP) is 2.29. The van der Waals surface area contributed by atoms with Crippen LogP contribution in [0.25, 0.3) is 0 Å². The SMILES string of the molecule is O=C(O)C(F)SCC1CCCC1. The van der Waals surface area contributed by atoms with E-state index in [0.29, 0.717) is 11.7 Å². The van der Waals surface area contributed by atoms with Crippen molar-refractivity contribution in [3.63, 3.8) is 0 Å². The Balaban J connectivity index is 2.11. The minimum atomic E-state index is -1.73. The van der Waals surface area contributed by atoms with Crippen LogP contribution in [0.2, 0.25) is 0 Å². The van der Waals surface area contributed by atoms with Gasteiger partial charge in [0.15, 0.2) is 0 Å². The summed E-state index contributed by atoms with van der Waals surface area (Å²) in [5.41, 5.74) is -1.73. The molecular formula is C8H13FO2S. The molecule has 1 aliphatic rings. The van der Waals surface area contributed by atoms with Crippen molar-refractivity contribution in [3.05, 3.63) is 0 Å². The monoisotopic (exact) mass is 192 g/mol. The van der Waals surface area contributed by atoms with Gasteiger partial charge in [-0.3, -0.25) is 0 Å². The van der Waals surface area contributed by atoms with E-state index in [0.717, 1.165) is 24.6 Å². The first-order chi connectivity index (χ1) is 5.70. The Morgan fingerprint density at radius 3 is 2.67 bits per heavy atom. The normalized spacial score (nSPS) is 21.1. The van der Waals surface area contributed by atoms with Gasteiger partial charge in [-0.1, -0.05) is 12.8 Å². The highest BCUT2D eigenvalue weighted by molar-refractivity contribution is 8.00. The zero-order chi connectivity index (χ0) is 8.97. The number of hydrogen-bond donors (Lipinski definition) is 1. The van der Waals surface area contributed by atoms with E-state index in [-0.39, 0.29) is 0 Å². The third-order valence-electron chi connectivity index (χ3n) is 2.15. The predicted molar refractivity (Wildman–Crippen MR) is 46.9 cm³/mol. The molecule has 1 saturated carbocycles. The molecule has 1 unspecified atom stereocenters. The average molecular weight is 192 g/mol.